The fourth-order valence-corrected chi connectivity index (χ4v) is 4.33. The Morgan fingerprint density at radius 3 is 2.91 bits per heavy atom. The van der Waals surface area contributed by atoms with Crippen LogP contribution in [0.2, 0.25) is 0 Å². The summed E-state index contributed by atoms with van der Waals surface area (Å²) in [7, 11) is 0. The average Bonchev–Trinajstić information content (AvgIpc) is 3.25. The molecular formula is C18H17NO3S. The van der Waals surface area contributed by atoms with E-state index in [4.69, 9.17) is 4.74 Å². The molecule has 2 aliphatic rings. The van der Waals surface area contributed by atoms with Crippen LogP contribution in [0.25, 0.3) is 0 Å². The van der Waals surface area contributed by atoms with Gasteiger partial charge in [0.2, 0.25) is 0 Å². The minimum absolute atomic E-state index is 0.0660. The van der Waals surface area contributed by atoms with Crippen LogP contribution in [0.3, 0.4) is 0 Å². The number of likely N-dealkylation sites (tertiary alicyclic amines) is 1. The van der Waals surface area contributed by atoms with Crippen molar-refractivity contribution in [2.45, 2.75) is 31.4 Å². The number of carbonyl (C=O) groups excluding carboxylic acids is 2. The molecule has 1 aromatic carbocycles. The van der Waals surface area contributed by atoms with Gasteiger partial charge in [0.15, 0.2) is 6.10 Å². The summed E-state index contributed by atoms with van der Waals surface area (Å²) in [5.41, 5.74) is 1.47. The Bertz CT molecular complexity index is 740. The van der Waals surface area contributed by atoms with Crippen molar-refractivity contribution in [2.24, 2.45) is 0 Å². The van der Waals surface area contributed by atoms with E-state index >= 15 is 0 Å². The first kappa shape index (κ1) is 14.5. The van der Waals surface area contributed by atoms with Crippen LogP contribution < -0.4 is 0 Å². The predicted molar refractivity (Wildman–Crippen MR) is 87.4 cm³/mol. The van der Waals surface area contributed by atoms with E-state index in [1.54, 1.807) is 17.4 Å². The van der Waals surface area contributed by atoms with Crippen molar-refractivity contribution in [1.29, 1.82) is 0 Å². The van der Waals surface area contributed by atoms with Gasteiger partial charge in [-0.2, -0.15) is 0 Å². The Balaban J connectivity index is 1.57. The Labute approximate surface area is 138 Å². The molecule has 1 amide bonds. The second-order valence-corrected chi connectivity index (χ2v) is 6.94. The van der Waals surface area contributed by atoms with Gasteiger partial charge in [0.1, 0.15) is 0 Å². The molecule has 0 saturated carbocycles. The van der Waals surface area contributed by atoms with Gasteiger partial charge in [0.25, 0.3) is 5.91 Å². The molecule has 0 aliphatic carbocycles. The van der Waals surface area contributed by atoms with E-state index < -0.39 is 12.1 Å². The molecule has 4 nitrogen and oxygen atoms in total. The van der Waals surface area contributed by atoms with Crippen molar-refractivity contribution in [1.82, 2.24) is 4.90 Å². The fraction of sp³-hybridized carbons (Fsp3) is 0.333. The van der Waals surface area contributed by atoms with Crippen LogP contribution >= 0.6 is 11.3 Å². The third-order valence-electron chi connectivity index (χ3n) is 4.57. The molecular weight excluding hydrogens is 310 g/mol. The van der Waals surface area contributed by atoms with Crippen molar-refractivity contribution < 1.29 is 14.3 Å². The van der Waals surface area contributed by atoms with Crippen molar-refractivity contribution in [3.05, 3.63) is 57.8 Å². The largest absolute Gasteiger partial charge is 0.448 e. The van der Waals surface area contributed by atoms with Gasteiger partial charge in [-0.3, -0.25) is 4.79 Å². The zero-order valence-electron chi connectivity index (χ0n) is 12.6. The predicted octanol–water partition coefficient (Wildman–Crippen LogP) is 3.19. The van der Waals surface area contributed by atoms with Gasteiger partial charge in [-0.15, -0.1) is 11.3 Å². The number of cyclic esters (lactones) is 1. The lowest BCUT2D eigenvalue weighted by atomic mass is 9.98. The van der Waals surface area contributed by atoms with Crippen molar-refractivity contribution in [2.75, 3.05) is 6.54 Å². The average molecular weight is 327 g/mol. The highest BCUT2D eigenvalue weighted by Gasteiger charge is 2.38. The SMILES string of the molecule is O=C1O[C@H](C(=O)N2CCC[C@H]2c2cccs2)Cc2ccccc21. The number of esters is 1. The minimum Gasteiger partial charge on any atom is -0.448 e. The van der Waals surface area contributed by atoms with Gasteiger partial charge in [-0.1, -0.05) is 24.3 Å². The standard InChI is InChI=1S/C18H17NO3S/c20-17(19-9-3-7-14(19)16-8-4-10-23-16)15-11-12-5-1-2-6-13(12)18(21)22-15/h1-2,4-6,8,10,14-15H,3,7,9,11H2/t14-,15-/m0/s1. The van der Waals surface area contributed by atoms with Crippen molar-refractivity contribution in [3.8, 4) is 0 Å². The number of thiophene rings is 1. The number of benzene rings is 1. The second-order valence-electron chi connectivity index (χ2n) is 5.96. The summed E-state index contributed by atoms with van der Waals surface area (Å²) in [6.07, 6.45) is 1.74. The highest BCUT2D eigenvalue weighted by atomic mass is 32.1. The molecule has 2 aromatic rings. The molecule has 5 heteroatoms. The molecule has 1 aromatic heterocycles. The van der Waals surface area contributed by atoms with Gasteiger partial charge >= 0.3 is 5.97 Å². The summed E-state index contributed by atoms with van der Waals surface area (Å²) in [5, 5.41) is 2.03. The van der Waals surface area contributed by atoms with Crippen LogP contribution in [-0.2, 0) is 16.0 Å². The van der Waals surface area contributed by atoms with Crippen LogP contribution in [0.4, 0.5) is 0 Å². The van der Waals surface area contributed by atoms with Crippen LogP contribution in [0.5, 0.6) is 0 Å². The third kappa shape index (κ3) is 2.55. The van der Waals surface area contributed by atoms with E-state index in [0.717, 1.165) is 24.9 Å². The molecule has 0 bridgehead atoms. The first-order valence-corrected chi connectivity index (χ1v) is 8.75. The molecule has 4 rings (SSSR count). The zero-order valence-corrected chi connectivity index (χ0v) is 13.4. The van der Waals surface area contributed by atoms with Gasteiger partial charge in [0, 0.05) is 17.8 Å². The van der Waals surface area contributed by atoms with E-state index in [9.17, 15) is 9.59 Å². The molecule has 23 heavy (non-hydrogen) atoms. The highest BCUT2D eigenvalue weighted by molar-refractivity contribution is 7.10. The number of fused-ring (bicyclic) bond motifs is 1. The number of hydrogen-bond donors (Lipinski definition) is 0. The first-order valence-electron chi connectivity index (χ1n) is 7.87. The number of rotatable bonds is 2. The summed E-state index contributed by atoms with van der Waals surface area (Å²) in [6, 6.07) is 11.6. The summed E-state index contributed by atoms with van der Waals surface area (Å²) >= 11 is 1.68. The van der Waals surface area contributed by atoms with Gasteiger partial charge < -0.3 is 9.64 Å². The number of nitrogens with zero attached hydrogens (tertiary/aromatic N) is 1. The fourth-order valence-electron chi connectivity index (χ4n) is 3.46. The van der Waals surface area contributed by atoms with Crippen LogP contribution in [0.1, 0.15) is 39.7 Å². The lowest BCUT2D eigenvalue weighted by molar-refractivity contribution is -0.142. The minimum atomic E-state index is -0.696. The summed E-state index contributed by atoms with van der Waals surface area (Å²) in [6.45, 7) is 0.733. The Hall–Kier alpha value is -2.14. The number of carbonyl (C=O) groups is 2. The second kappa shape index (κ2) is 5.81. The summed E-state index contributed by atoms with van der Waals surface area (Å²) in [5.74, 6) is -0.458. The van der Waals surface area contributed by atoms with Crippen molar-refractivity contribution in [3.63, 3.8) is 0 Å². The molecule has 2 aliphatic heterocycles. The number of amides is 1. The van der Waals surface area contributed by atoms with Crippen LogP contribution in [0.15, 0.2) is 41.8 Å². The maximum absolute atomic E-state index is 12.9. The molecule has 1 saturated heterocycles. The lowest BCUT2D eigenvalue weighted by Crippen LogP contribution is -2.44. The highest BCUT2D eigenvalue weighted by Crippen LogP contribution is 2.35. The normalized spacial score (nSPS) is 23.5. The van der Waals surface area contributed by atoms with E-state index in [2.05, 4.69) is 6.07 Å². The molecule has 0 radical (unpaired) electrons. The van der Waals surface area contributed by atoms with E-state index in [1.807, 2.05) is 34.5 Å². The molecule has 1 fully saturated rings. The molecule has 0 unspecified atom stereocenters. The monoisotopic (exact) mass is 327 g/mol. The molecule has 0 spiro atoms. The number of hydrogen-bond acceptors (Lipinski definition) is 4. The first-order chi connectivity index (χ1) is 11.2. The Kier molecular flexibility index (Phi) is 3.65. The lowest BCUT2D eigenvalue weighted by Gasteiger charge is -2.30. The smallest absolute Gasteiger partial charge is 0.339 e. The zero-order chi connectivity index (χ0) is 15.8. The maximum Gasteiger partial charge on any atom is 0.339 e. The summed E-state index contributed by atoms with van der Waals surface area (Å²) < 4.78 is 5.43. The topological polar surface area (TPSA) is 46.6 Å². The van der Waals surface area contributed by atoms with Crippen LogP contribution in [-0.4, -0.2) is 29.4 Å². The van der Waals surface area contributed by atoms with Gasteiger partial charge in [-0.05, 0) is 35.9 Å². The molecule has 3 heterocycles. The Morgan fingerprint density at radius 2 is 2.09 bits per heavy atom. The molecule has 118 valence electrons. The van der Waals surface area contributed by atoms with Crippen molar-refractivity contribution >= 4 is 23.2 Å². The van der Waals surface area contributed by atoms with Gasteiger partial charge in [0.05, 0.1) is 11.6 Å². The maximum atomic E-state index is 12.9. The van der Waals surface area contributed by atoms with Crippen LogP contribution in [0, 0.1) is 0 Å². The van der Waals surface area contributed by atoms with E-state index in [-0.39, 0.29) is 11.9 Å². The molecule has 2 atom stereocenters. The van der Waals surface area contributed by atoms with E-state index in [1.165, 1.54) is 4.88 Å². The third-order valence-corrected chi connectivity index (χ3v) is 5.55. The van der Waals surface area contributed by atoms with Gasteiger partial charge in [-0.25, -0.2) is 4.79 Å². The molecule has 0 N–H and O–H groups in total. The van der Waals surface area contributed by atoms with E-state index in [0.29, 0.717) is 12.0 Å². The Morgan fingerprint density at radius 1 is 1.22 bits per heavy atom. The summed E-state index contributed by atoms with van der Waals surface area (Å²) in [4.78, 5) is 28.1. The quantitative estimate of drug-likeness (QED) is 0.796. The number of ether oxygens (including phenoxy) is 1.